The minimum absolute atomic E-state index is 0.191. The SMILES string of the molecule is CCOCc1nnc2n1CCN(Cc1cccnc1OC)C2C. The van der Waals surface area contributed by atoms with E-state index in [0.717, 1.165) is 36.8 Å². The van der Waals surface area contributed by atoms with E-state index >= 15 is 0 Å². The Kier molecular flexibility index (Phi) is 4.88. The highest BCUT2D eigenvalue weighted by Crippen LogP contribution is 2.27. The van der Waals surface area contributed by atoms with Crippen LogP contribution in [-0.2, 0) is 24.4 Å². The molecule has 0 aliphatic carbocycles. The Morgan fingerprint density at radius 3 is 2.96 bits per heavy atom. The average molecular weight is 317 g/mol. The molecular weight excluding hydrogens is 294 g/mol. The molecule has 0 radical (unpaired) electrons. The number of pyridine rings is 1. The highest BCUT2D eigenvalue weighted by molar-refractivity contribution is 5.25. The number of hydrogen-bond donors (Lipinski definition) is 0. The van der Waals surface area contributed by atoms with E-state index in [9.17, 15) is 0 Å². The largest absolute Gasteiger partial charge is 0.481 e. The quantitative estimate of drug-likeness (QED) is 0.809. The Labute approximate surface area is 136 Å². The summed E-state index contributed by atoms with van der Waals surface area (Å²) in [6, 6.07) is 4.18. The molecule has 3 heterocycles. The third-order valence-corrected chi connectivity index (χ3v) is 4.24. The highest BCUT2D eigenvalue weighted by atomic mass is 16.5. The number of hydrogen-bond acceptors (Lipinski definition) is 6. The van der Waals surface area contributed by atoms with Gasteiger partial charge in [0.25, 0.3) is 0 Å². The molecule has 0 spiro atoms. The van der Waals surface area contributed by atoms with Crippen molar-refractivity contribution in [2.24, 2.45) is 0 Å². The Morgan fingerprint density at radius 2 is 2.17 bits per heavy atom. The van der Waals surface area contributed by atoms with Gasteiger partial charge in [0.15, 0.2) is 5.82 Å². The fraction of sp³-hybridized carbons (Fsp3) is 0.562. The lowest BCUT2D eigenvalue weighted by molar-refractivity contribution is 0.117. The predicted molar refractivity (Wildman–Crippen MR) is 85.0 cm³/mol. The minimum atomic E-state index is 0.191. The van der Waals surface area contributed by atoms with E-state index in [-0.39, 0.29) is 6.04 Å². The molecule has 0 saturated heterocycles. The molecule has 2 aromatic rings. The summed E-state index contributed by atoms with van der Waals surface area (Å²) in [7, 11) is 1.65. The molecule has 0 fully saturated rings. The Morgan fingerprint density at radius 1 is 1.30 bits per heavy atom. The lowest BCUT2D eigenvalue weighted by Gasteiger charge is -2.33. The number of ether oxygens (including phenoxy) is 2. The second-order valence-corrected chi connectivity index (χ2v) is 5.58. The molecule has 2 aromatic heterocycles. The van der Waals surface area contributed by atoms with E-state index in [1.807, 2.05) is 13.0 Å². The van der Waals surface area contributed by atoms with Crippen LogP contribution in [0.2, 0.25) is 0 Å². The zero-order valence-corrected chi connectivity index (χ0v) is 13.9. The summed E-state index contributed by atoms with van der Waals surface area (Å²) in [6.07, 6.45) is 1.75. The summed E-state index contributed by atoms with van der Waals surface area (Å²) in [5.74, 6) is 2.59. The van der Waals surface area contributed by atoms with Crippen molar-refractivity contribution in [2.75, 3.05) is 20.3 Å². The van der Waals surface area contributed by atoms with E-state index < -0.39 is 0 Å². The number of rotatable bonds is 6. The van der Waals surface area contributed by atoms with Crippen molar-refractivity contribution in [3.05, 3.63) is 35.5 Å². The van der Waals surface area contributed by atoms with Crippen LogP contribution in [0, 0.1) is 0 Å². The summed E-state index contributed by atoms with van der Waals surface area (Å²) < 4.78 is 13.0. The summed E-state index contributed by atoms with van der Waals surface area (Å²) in [5.41, 5.74) is 1.09. The number of methoxy groups -OCH3 is 1. The molecule has 0 aromatic carbocycles. The van der Waals surface area contributed by atoms with E-state index in [1.54, 1.807) is 13.3 Å². The monoisotopic (exact) mass is 317 g/mol. The molecule has 7 nitrogen and oxygen atoms in total. The van der Waals surface area contributed by atoms with Crippen molar-refractivity contribution in [1.29, 1.82) is 0 Å². The van der Waals surface area contributed by atoms with Crippen LogP contribution >= 0.6 is 0 Å². The molecule has 0 saturated carbocycles. The smallest absolute Gasteiger partial charge is 0.217 e. The molecule has 1 unspecified atom stereocenters. The van der Waals surface area contributed by atoms with Gasteiger partial charge in [-0.1, -0.05) is 6.07 Å². The fourth-order valence-corrected chi connectivity index (χ4v) is 2.95. The van der Waals surface area contributed by atoms with Crippen LogP contribution in [0.3, 0.4) is 0 Å². The second-order valence-electron chi connectivity index (χ2n) is 5.58. The van der Waals surface area contributed by atoms with Gasteiger partial charge in [-0.2, -0.15) is 0 Å². The molecule has 1 aliphatic rings. The zero-order chi connectivity index (χ0) is 16.2. The maximum Gasteiger partial charge on any atom is 0.217 e. The van der Waals surface area contributed by atoms with Crippen molar-refractivity contribution < 1.29 is 9.47 Å². The van der Waals surface area contributed by atoms with Crippen molar-refractivity contribution in [2.45, 2.75) is 39.6 Å². The van der Waals surface area contributed by atoms with E-state index in [2.05, 4.69) is 37.6 Å². The highest BCUT2D eigenvalue weighted by Gasteiger charge is 2.28. The second kappa shape index (κ2) is 7.06. The van der Waals surface area contributed by atoms with Crippen LogP contribution in [0.15, 0.2) is 18.3 Å². The van der Waals surface area contributed by atoms with E-state index in [1.165, 1.54) is 0 Å². The lowest BCUT2D eigenvalue weighted by Crippen LogP contribution is -2.37. The summed E-state index contributed by atoms with van der Waals surface area (Å²) in [4.78, 5) is 6.64. The van der Waals surface area contributed by atoms with E-state index in [4.69, 9.17) is 9.47 Å². The Bertz CT molecular complexity index is 658. The maximum atomic E-state index is 5.47. The van der Waals surface area contributed by atoms with Gasteiger partial charge in [-0.25, -0.2) is 4.98 Å². The van der Waals surface area contributed by atoms with Gasteiger partial charge in [0.1, 0.15) is 12.4 Å². The summed E-state index contributed by atoms with van der Waals surface area (Å²) in [5, 5.41) is 8.65. The predicted octanol–water partition coefficient (Wildman–Crippen LogP) is 1.79. The van der Waals surface area contributed by atoms with Crippen LogP contribution in [0.4, 0.5) is 0 Å². The first kappa shape index (κ1) is 15.9. The van der Waals surface area contributed by atoms with Crippen molar-refractivity contribution >= 4 is 0 Å². The minimum Gasteiger partial charge on any atom is -0.481 e. The Hall–Kier alpha value is -1.99. The van der Waals surface area contributed by atoms with Crippen molar-refractivity contribution in [1.82, 2.24) is 24.6 Å². The van der Waals surface area contributed by atoms with Gasteiger partial charge in [-0.3, -0.25) is 4.90 Å². The normalized spacial score (nSPS) is 18.0. The Balaban J connectivity index is 1.76. The van der Waals surface area contributed by atoms with Crippen molar-refractivity contribution in [3.63, 3.8) is 0 Å². The number of nitrogens with zero attached hydrogens (tertiary/aromatic N) is 5. The van der Waals surface area contributed by atoms with Crippen LogP contribution in [0.1, 0.15) is 37.1 Å². The first-order chi connectivity index (χ1) is 11.2. The maximum absolute atomic E-state index is 5.47. The molecule has 3 rings (SSSR count). The standard InChI is InChI=1S/C16H23N5O2/c1-4-23-11-14-18-19-15-12(2)20(8-9-21(14)15)10-13-6-5-7-17-16(13)22-3/h5-7,12H,4,8-11H2,1-3H3. The third-order valence-electron chi connectivity index (χ3n) is 4.24. The van der Waals surface area contributed by atoms with Crippen LogP contribution in [0.5, 0.6) is 5.88 Å². The molecule has 1 atom stereocenters. The van der Waals surface area contributed by atoms with Gasteiger partial charge in [-0.05, 0) is 19.9 Å². The molecule has 124 valence electrons. The molecule has 0 bridgehead atoms. The van der Waals surface area contributed by atoms with Gasteiger partial charge in [0.2, 0.25) is 5.88 Å². The molecule has 7 heteroatoms. The van der Waals surface area contributed by atoms with Crippen LogP contribution in [0.25, 0.3) is 0 Å². The molecular formula is C16H23N5O2. The van der Waals surface area contributed by atoms with Gasteiger partial charge >= 0.3 is 0 Å². The third kappa shape index (κ3) is 3.20. The lowest BCUT2D eigenvalue weighted by atomic mass is 10.1. The molecule has 23 heavy (non-hydrogen) atoms. The van der Waals surface area contributed by atoms with E-state index in [0.29, 0.717) is 19.1 Å². The van der Waals surface area contributed by atoms with Gasteiger partial charge in [-0.15, -0.1) is 10.2 Å². The van der Waals surface area contributed by atoms with Crippen LogP contribution in [-0.4, -0.2) is 44.9 Å². The van der Waals surface area contributed by atoms with Gasteiger partial charge < -0.3 is 14.0 Å². The topological polar surface area (TPSA) is 65.3 Å². The zero-order valence-electron chi connectivity index (χ0n) is 13.9. The molecule has 0 N–H and O–H groups in total. The molecule has 1 aliphatic heterocycles. The molecule has 0 amide bonds. The average Bonchev–Trinajstić information content (AvgIpc) is 2.99. The summed E-state index contributed by atoms with van der Waals surface area (Å²) in [6.45, 7) is 7.94. The van der Waals surface area contributed by atoms with Gasteiger partial charge in [0, 0.05) is 38.0 Å². The number of fused-ring (bicyclic) bond motifs is 1. The van der Waals surface area contributed by atoms with Gasteiger partial charge in [0.05, 0.1) is 13.2 Å². The first-order valence-corrected chi connectivity index (χ1v) is 7.96. The van der Waals surface area contributed by atoms with Crippen molar-refractivity contribution in [3.8, 4) is 5.88 Å². The number of aromatic nitrogens is 4. The fourth-order valence-electron chi connectivity index (χ4n) is 2.95. The van der Waals surface area contributed by atoms with Crippen LogP contribution < -0.4 is 4.74 Å². The summed E-state index contributed by atoms with van der Waals surface area (Å²) >= 11 is 0. The first-order valence-electron chi connectivity index (χ1n) is 7.96.